The van der Waals surface area contributed by atoms with Crippen LogP contribution in [0.3, 0.4) is 0 Å². The van der Waals surface area contributed by atoms with Gasteiger partial charge in [-0.2, -0.15) is 0 Å². The lowest BCUT2D eigenvalue weighted by atomic mass is 9.92. The predicted octanol–water partition coefficient (Wildman–Crippen LogP) is 10.8. The highest BCUT2D eigenvalue weighted by Crippen LogP contribution is 2.50. The van der Waals surface area contributed by atoms with Gasteiger partial charge in [0.2, 0.25) is 0 Å². The fourth-order valence-electron chi connectivity index (χ4n) is 6.84. The monoisotopic (exact) mass is 602 g/mol. The third-order valence-corrected chi connectivity index (χ3v) is 9.22. The number of nitrogens with zero attached hydrogens (tertiary/aromatic N) is 4. The third-order valence-electron chi connectivity index (χ3n) is 9.22. The Hall–Kier alpha value is -6.13. The molecule has 0 bridgehead atoms. The van der Waals surface area contributed by atoms with Crippen LogP contribution in [-0.4, -0.2) is 15.0 Å². The third kappa shape index (κ3) is 4.91. The van der Waals surface area contributed by atoms with Gasteiger partial charge >= 0.3 is 0 Å². The Kier molecular flexibility index (Phi) is 6.57. The molecule has 0 N–H and O–H groups in total. The summed E-state index contributed by atoms with van der Waals surface area (Å²) in [7, 11) is 0. The molecule has 1 aliphatic carbocycles. The standard InChI is InChI=1S/C43H30N4/c1-2-11-32(12-3-1)41-44-42(46-43(45-41)35-23-20-29-10-4-5-13-34(29)28-35)33-21-18-30(19-22-33)31-24-26-36(27-25-31)47-39-16-8-6-14-37(39)38-15-7-9-17-40(38)47/h1-14,16-28,38H,15H2. The maximum Gasteiger partial charge on any atom is 0.164 e. The Labute approximate surface area is 274 Å². The van der Waals surface area contributed by atoms with Crippen molar-refractivity contribution in [2.24, 2.45) is 0 Å². The number of aromatic nitrogens is 3. The summed E-state index contributed by atoms with van der Waals surface area (Å²) >= 11 is 0. The van der Waals surface area contributed by atoms with Crippen molar-refractivity contribution in [2.45, 2.75) is 12.3 Å². The minimum atomic E-state index is 0.419. The maximum absolute atomic E-state index is 4.98. The smallest absolute Gasteiger partial charge is 0.164 e. The van der Waals surface area contributed by atoms with E-state index in [-0.39, 0.29) is 0 Å². The topological polar surface area (TPSA) is 41.9 Å². The van der Waals surface area contributed by atoms with Gasteiger partial charge in [-0.25, -0.2) is 15.0 Å². The normalized spacial score (nSPS) is 14.9. The van der Waals surface area contributed by atoms with E-state index < -0.39 is 0 Å². The van der Waals surface area contributed by atoms with Crippen LogP contribution in [0.2, 0.25) is 0 Å². The predicted molar refractivity (Wildman–Crippen MR) is 192 cm³/mol. The van der Waals surface area contributed by atoms with Crippen LogP contribution in [0.1, 0.15) is 17.9 Å². The number of allylic oxidation sites excluding steroid dienone is 4. The van der Waals surface area contributed by atoms with Crippen molar-refractivity contribution in [1.29, 1.82) is 0 Å². The van der Waals surface area contributed by atoms with Crippen molar-refractivity contribution in [3.63, 3.8) is 0 Å². The number of benzene rings is 6. The second-order valence-corrected chi connectivity index (χ2v) is 12.1. The van der Waals surface area contributed by atoms with Gasteiger partial charge in [-0.05, 0) is 64.2 Å². The molecule has 222 valence electrons. The van der Waals surface area contributed by atoms with Crippen molar-refractivity contribution in [3.05, 3.63) is 175 Å². The molecule has 0 fully saturated rings. The lowest BCUT2D eigenvalue weighted by Gasteiger charge is -2.24. The second kappa shape index (κ2) is 11.3. The quantitative estimate of drug-likeness (QED) is 0.197. The molecule has 9 rings (SSSR count). The molecule has 4 nitrogen and oxygen atoms in total. The highest BCUT2D eigenvalue weighted by molar-refractivity contribution is 5.87. The van der Waals surface area contributed by atoms with Gasteiger partial charge in [0.15, 0.2) is 17.5 Å². The zero-order chi connectivity index (χ0) is 31.2. The van der Waals surface area contributed by atoms with Crippen LogP contribution < -0.4 is 4.90 Å². The molecule has 0 amide bonds. The second-order valence-electron chi connectivity index (χ2n) is 12.1. The molecule has 1 atom stereocenters. The fourth-order valence-corrected chi connectivity index (χ4v) is 6.84. The first-order valence-electron chi connectivity index (χ1n) is 16.1. The van der Waals surface area contributed by atoms with Crippen molar-refractivity contribution >= 4 is 22.1 Å². The molecule has 47 heavy (non-hydrogen) atoms. The first-order valence-corrected chi connectivity index (χ1v) is 16.1. The summed E-state index contributed by atoms with van der Waals surface area (Å²) in [6.07, 6.45) is 7.75. The minimum Gasteiger partial charge on any atom is -0.313 e. The Morgan fingerprint density at radius 3 is 1.83 bits per heavy atom. The van der Waals surface area contributed by atoms with Gasteiger partial charge in [-0.3, -0.25) is 0 Å². The van der Waals surface area contributed by atoms with Crippen molar-refractivity contribution < 1.29 is 0 Å². The molecule has 4 heteroatoms. The molecule has 0 spiro atoms. The molecule has 0 saturated heterocycles. The lowest BCUT2D eigenvalue weighted by molar-refractivity contribution is 0.819. The first-order chi connectivity index (χ1) is 23.3. The molecule has 0 saturated carbocycles. The van der Waals surface area contributed by atoms with Gasteiger partial charge in [0.1, 0.15) is 0 Å². The van der Waals surface area contributed by atoms with E-state index in [2.05, 4.69) is 138 Å². The van der Waals surface area contributed by atoms with E-state index in [9.17, 15) is 0 Å². The Bertz CT molecular complexity index is 2320. The fraction of sp³-hybridized carbons (Fsp3) is 0.0465. The average Bonchev–Trinajstić information content (AvgIpc) is 3.49. The minimum absolute atomic E-state index is 0.419. The molecule has 6 aromatic carbocycles. The van der Waals surface area contributed by atoms with Crippen LogP contribution in [-0.2, 0) is 0 Å². The number of fused-ring (bicyclic) bond motifs is 4. The van der Waals surface area contributed by atoms with Crippen LogP contribution in [0.5, 0.6) is 0 Å². The van der Waals surface area contributed by atoms with E-state index in [4.69, 9.17) is 15.0 Å². The van der Waals surface area contributed by atoms with Gasteiger partial charge in [-0.1, -0.05) is 133 Å². The van der Waals surface area contributed by atoms with Gasteiger partial charge < -0.3 is 4.90 Å². The van der Waals surface area contributed by atoms with Crippen LogP contribution in [0, 0.1) is 0 Å². The molecule has 7 aromatic rings. The summed E-state index contributed by atoms with van der Waals surface area (Å²) in [5.74, 6) is 2.39. The van der Waals surface area contributed by atoms with Crippen molar-refractivity contribution in [2.75, 3.05) is 4.90 Å². The number of rotatable bonds is 5. The van der Waals surface area contributed by atoms with Crippen molar-refractivity contribution in [3.8, 4) is 45.3 Å². The number of hydrogen-bond donors (Lipinski definition) is 0. The highest BCUT2D eigenvalue weighted by Gasteiger charge is 2.34. The molecule has 0 radical (unpaired) electrons. The number of anilines is 2. The summed E-state index contributed by atoms with van der Waals surface area (Å²) in [5.41, 5.74) is 10.4. The number of para-hydroxylation sites is 1. The molecular formula is C43H30N4. The van der Waals surface area contributed by atoms with E-state index in [0.717, 1.165) is 34.1 Å². The molecule has 1 unspecified atom stereocenters. The van der Waals surface area contributed by atoms with E-state index in [1.54, 1.807) is 0 Å². The van der Waals surface area contributed by atoms with Crippen LogP contribution >= 0.6 is 0 Å². The zero-order valence-electron chi connectivity index (χ0n) is 25.7. The van der Waals surface area contributed by atoms with E-state index in [1.807, 2.05) is 30.3 Å². The summed E-state index contributed by atoms with van der Waals surface area (Å²) in [6, 6.07) is 51.0. The van der Waals surface area contributed by atoms with E-state index in [0.29, 0.717) is 23.4 Å². The molecular weight excluding hydrogens is 573 g/mol. The number of hydrogen-bond acceptors (Lipinski definition) is 4. The summed E-state index contributed by atoms with van der Waals surface area (Å²) < 4.78 is 0. The SMILES string of the molecule is C1=CCC2C(=C1)N(c1ccc(-c3ccc(-c4nc(-c5ccccc5)nc(-c5ccc6ccccc6c5)n4)cc3)cc1)c1ccccc12. The van der Waals surface area contributed by atoms with Crippen LogP contribution in [0.25, 0.3) is 56.1 Å². The summed E-state index contributed by atoms with van der Waals surface area (Å²) in [6.45, 7) is 0. The van der Waals surface area contributed by atoms with Gasteiger partial charge in [0, 0.05) is 39.7 Å². The summed E-state index contributed by atoms with van der Waals surface area (Å²) in [5, 5.41) is 2.35. The summed E-state index contributed by atoms with van der Waals surface area (Å²) in [4.78, 5) is 17.2. The van der Waals surface area contributed by atoms with Gasteiger partial charge in [0.05, 0.1) is 0 Å². The van der Waals surface area contributed by atoms with Gasteiger partial charge in [-0.15, -0.1) is 0 Å². The zero-order valence-corrected chi connectivity index (χ0v) is 25.7. The van der Waals surface area contributed by atoms with Crippen LogP contribution in [0.4, 0.5) is 11.4 Å². The van der Waals surface area contributed by atoms with Crippen molar-refractivity contribution in [1.82, 2.24) is 15.0 Å². The van der Waals surface area contributed by atoms with E-state index >= 15 is 0 Å². The molecule has 2 heterocycles. The maximum atomic E-state index is 4.98. The van der Waals surface area contributed by atoms with E-state index in [1.165, 1.54) is 33.6 Å². The Morgan fingerprint density at radius 2 is 1.06 bits per heavy atom. The highest BCUT2D eigenvalue weighted by atomic mass is 15.2. The largest absolute Gasteiger partial charge is 0.313 e. The Balaban J connectivity index is 1.05. The molecule has 1 aromatic heterocycles. The lowest BCUT2D eigenvalue weighted by Crippen LogP contribution is -2.14. The average molecular weight is 603 g/mol. The first kappa shape index (κ1) is 27.2. The molecule has 2 aliphatic rings. The Morgan fingerprint density at radius 1 is 0.489 bits per heavy atom. The van der Waals surface area contributed by atoms with Gasteiger partial charge in [0.25, 0.3) is 0 Å². The molecule has 1 aliphatic heterocycles. The van der Waals surface area contributed by atoms with Crippen LogP contribution in [0.15, 0.2) is 170 Å².